The third kappa shape index (κ3) is 3.71. The molecule has 5 aromatic rings. The molecule has 0 spiro atoms. The molecule has 3 aromatic carbocycles. The van der Waals surface area contributed by atoms with Crippen LogP contribution in [0, 0.1) is 6.92 Å². The van der Waals surface area contributed by atoms with Gasteiger partial charge in [-0.05, 0) is 48.9 Å². The molecule has 0 saturated carbocycles. The molecule has 0 radical (unpaired) electrons. The number of hydrogen-bond acceptors (Lipinski definition) is 5. The zero-order valence-electron chi connectivity index (χ0n) is 19.6. The van der Waals surface area contributed by atoms with Crippen LogP contribution < -0.4 is 9.47 Å². The molecular weight excluding hydrogens is 426 g/mol. The van der Waals surface area contributed by atoms with Gasteiger partial charge >= 0.3 is 0 Å². The Hall–Kier alpha value is -4.39. The molecule has 0 N–H and O–H groups in total. The largest absolute Gasteiger partial charge is 0.493 e. The first-order valence-electron chi connectivity index (χ1n) is 10.9. The highest BCUT2D eigenvalue weighted by Crippen LogP contribution is 2.39. The second-order valence-electron chi connectivity index (χ2n) is 7.88. The van der Waals surface area contributed by atoms with E-state index in [2.05, 4.69) is 0 Å². The lowest BCUT2D eigenvalue weighted by molar-refractivity contribution is 0.355. The predicted molar refractivity (Wildman–Crippen MR) is 135 cm³/mol. The van der Waals surface area contributed by atoms with Crippen LogP contribution in [0.1, 0.15) is 11.5 Å². The van der Waals surface area contributed by atoms with Gasteiger partial charge in [0.05, 0.1) is 42.8 Å². The summed E-state index contributed by atoms with van der Waals surface area (Å²) in [6, 6.07) is 23.9. The summed E-state index contributed by atoms with van der Waals surface area (Å²) in [6.07, 6.45) is 1.79. The predicted octanol–water partition coefficient (Wildman–Crippen LogP) is 5.50. The van der Waals surface area contributed by atoms with Crippen molar-refractivity contribution in [2.75, 3.05) is 14.2 Å². The minimum Gasteiger partial charge on any atom is -0.493 e. The summed E-state index contributed by atoms with van der Waals surface area (Å²) in [5.41, 5.74) is 5.62. The maximum atomic E-state index is 5.54. The van der Waals surface area contributed by atoms with Crippen LogP contribution in [0.15, 0.2) is 77.8 Å². The Labute approximate surface area is 197 Å². The summed E-state index contributed by atoms with van der Waals surface area (Å²) in [6.45, 7) is 1.99. The Morgan fingerprint density at radius 2 is 1.62 bits per heavy atom. The van der Waals surface area contributed by atoms with Crippen molar-refractivity contribution in [3.05, 3.63) is 84.3 Å². The number of ether oxygens (including phenoxy) is 2. The Bertz CT molecular complexity index is 1500. The van der Waals surface area contributed by atoms with Gasteiger partial charge in [0.2, 0.25) is 0 Å². The molecule has 0 aliphatic carbocycles. The van der Waals surface area contributed by atoms with Crippen molar-refractivity contribution in [2.45, 2.75) is 6.92 Å². The number of hydrogen-bond donors (Lipinski definition) is 0. The summed E-state index contributed by atoms with van der Waals surface area (Å²) in [5.74, 6) is 2.79. The molecule has 5 rings (SSSR count). The van der Waals surface area contributed by atoms with E-state index in [9.17, 15) is 0 Å². The maximum Gasteiger partial charge on any atom is 0.163 e. The van der Waals surface area contributed by atoms with Gasteiger partial charge < -0.3 is 14.0 Å². The maximum absolute atomic E-state index is 5.54. The fraction of sp³-hybridized carbons (Fsp3) is 0.148. The number of rotatable bonds is 6. The van der Waals surface area contributed by atoms with Crippen molar-refractivity contribution < 1.29 is 9.47 Å². The van der Waals surface area contributed by atoms with Crippen LogP contribution in [0.2, 0.25) is 0 Å². The van der Waals surface area contributed by atoms with E-state index in [4.69, 9.17) is 24.5 Å². The van der Waals surface area contributed by atoms with Crippen LogP contribution in [-0.2, 0) is 7.05 Å². The van der Waals surface area contributed by atoms with Crippen LogP contribution in [-0.4, -0.2) is 39.8 Å². The van der Waals surface area contributed by atoms with Crippen molar-refractivity contribution in [3.63, 3.8) is 0 Å². The van der Waals surface area contributed by atoms with Gasteiger partial charge in [-0.15, -0.1) is 0 Å². The minimum atomic E-state index is 0.650. The van der Waals surface area contributed by atoms with Crippen molar-refractivity contribution in [1.82, 2.24) is 19.3 Å². The molecule has 0 amide bonds. The number of para-hydroxylation sites is 3. The number of aromatic nitrogens is 4. The summed E-state index contributed by atoms with van der Waals surface area (Å²) in [4.78, 5) is 9.66. The second kappa shape index (κ2) is 8.86. The molecule has 170 valence electrons. The van der Waals surface area contributed by atoms with Gasteiger partial charge in [0.1, 0.15) is 0 Å². The van der Waals surface area contributed by atoms with E-state index in [1.165, 1.54) is 0 Å². The zero-order chi connectivity index (χ0) is 23.7. The molecule has 34 heavy (non-hydrogen) atoms. The molecule has 0 bridgehead atoms. The SMILES string of the molecule is COc1ccc(-c2c(C)nn(-c3ccccc3)c2/N=C/c2nc3ccccc3n2C)cc1OC. The zero-order valence-corrected chi connectivity index (χ0v) is 19.6. The second-order valence-corrected chi connectivity index (χ2v) is 7.88. The molecule has 0 aliphatic heterocycles. The highest BCUT2D eigenvalue weighted by molar-refractivity contribution is 5.88. The number of benzene rings is 3. The Balaban J connectivity index is 1.69. The molecule has 0 aliphatic rings. The summed E-state index contributed by atoms with van der Waals surface area (Å²) < 4.78 is 14.9. The number of aryl methyl sites for hydroxylation is 2. The minimum absolute atomic E-state index is 0.650. The lowest BCUT2D eigenvalue weighted by Gasteiger charge is -2.10. The number of nitrogens with zero attached hydrogens (tertiary/aromatic N) is 5. The summed E-state index contributed by atoms with van der Waals surface area (Å²) in [7, 11) is 5.25. The van der Waals surface area contributed by atoms with Crippen LogP contribution in [0.25, 0.3) is 27.8 Å². The smallest absolute Gasteiger partial charge is 0.163 e. The van der Waals surface area contributed by atoms with E-state index in [0.717, 1.165) is 39.4 Å². The van der Waals surface area contributed by atoms with Crippen LogP contribution in [0.3, 0.4) is 0 Å². The van der Waals surface area contributed by atoms with E-state index in [0.29, 0.717) is 17.3 Å². The lowest BCUT2D eigenvalue weighted by atomic mass is 10.0. The topological polar surface area (TPSA) is 66.5 Å². The molecular formula is C27H25N5O2. The van der Waals surface area contributed by atoms with Crippen LogP contribution in [0.4, 0.5) is 5.82 Å². The molecule has 7 nitrogen and oxygen atoms in total. The fourth-order valence-corrected chi connectivity index (χ4v) is 4.11. The van der Waals surface area contributed by atoms with E-state index in [1.807, 2.05) is 96.0 Å². The molecule has 0 saturated heterocycles. The lowest BCUT2D eigenvalue weighted by Crippen LogP contribution is -1.98. The van der Waals surface area contributed by atoms with Gasteiger partial charge in [-0.2, -0.15) is 5.10 Å². The monoisotopic (exact) mass is 451 g/mol. The molecule has 2 heterocycles. The molecule has 7 heteroatoms. The van der Waals surface area contributed by atoms with Crippen molar-refractivity contribution in [1.29, 1.82) is 0 Å². The first-order valence-corrected chi connectivity index (χ1v) is 10.9. The van der Waals surface area contributed by atoms with Crippen molar-refractivity contribution in [2.24, 2.45) is 12.0 Å². The van der Waals surface area contributed by atoms with Gasteiger partial charge in [0, 0.05) is 12.6 Å². The first-order chi connectivity index (χ1) is 16.6. The third-order valence-corrected chi connectivity index (χ3v) is 5.83. The number of imidazole rings is 1. The molecule has 0 unspecified atom stereocenters. The van der Waals surface area contributed by atoms with E-state index >= 15 is 0 Å². The highest BCUT2D eigenvalue weighted by Gasteiger charge is 2.19. The normalized spacial score (nSPS) is 11.4. The van der Waals surface area contributed by atoms with Gasteiger partial charge in [0.15, 0.2) is 23.1 Å². The molecule has 0 fully saturated rings. The summed E-state index contributed by atoms with van der Waals surface area (Å²) >= 11 is 0. The van der Waals surface area contributed by atoms with Gasteiger partial charge in [-0.1, -0.05) is 36.4 Å². The van der Waals surface area contributed by atoms with Gasteiger partial charge in [0.25, 0.3) is 0 Å². The molecule has 2 aromatic heterocycles. The van der Waals surface area contributed by atoms with Crippen molar-refractivity contribution in [3.8, 4) is 28.3 Å². The molecule has 0 atom stereocenters. The Kier molecular flexibility index (Phi) is 5.59. The van der Waals surface area contributed by atoms with E-state index in [-0.39, 0.29) is 0 Å². The average Bonchev–Trinajstić information content (AvgIpc) is 3.38. The van der Waals surface area contributed by atoms with E-state index < -0.39 is 0 Å². The fourth-order valence-electron chi connectivity index (χ4n) is 4.11. The van der Waals surface area contributed by atoms with Gasteiger partial charge in [-0.3, -0.25) is 0 Å². The van der Waals surface area contributed by atoms with Crippen molar-refractivity contribution >= 4 is 23.1 Å². The highest BCUT2D eigenvalue weighted by atomic mass is 16.5. The Morgan fingerprint density at radius 1 is 0.882 bits per heavy atom. The van der Waals surface area contributed by atoms with E-state index in [1.54, 1.807) is 20.4 Å². The number of fused-ring (bicyclic) bond motifs is 1. The number of aliphatic imine (C=N–C) groups is 1. The van der Waals surface area contributed by atoms with Crippen LogP contribution >= 0.6 is 0 Å². The average molecular weight is 452 g/mol. The third-order valence-electron chi connectivity index (χ3n) is 5.83. The quantitative estimate of drug-likeness (QED) is 0.320. The summed E-state index contributed by atoms with van der Waals surface area (Å²) in [5, 5.41) is 4.84. The van der Waals surface area contributed by atoms with Gasteiger partial charge in [-0.25, -0.2) is 14.7 Å². The Morgan fingerprint density at radius 3 is 2.35 bits per heavy atom. The number of methoxy groups -OCH3 is 2. The first kappa shape index (κ1) is 21.5. The standard InChI is InChI=1S/C27H25N5O2/c1-18-26(19-14-15-23(33-3)24(16-19)34-4)27(32(30-18)20-10-6-5-7-11-20)28-17-25-29-21-12-8-9-13-22(21)31(25)2/h5-17H,1-4H3/b28-17+. The van der Waals surface area contributed by atoms with Crippen LogP contribution in [0.5, 0.6) is 11.5 Å².